The van der Waals surface area contributed by atoms with Crippen molar-refractivity contribution < 1.29 is 9.59 Å². The molecule has 0 aliphatic heterocycles. The number of carbonyl (C=O) groups is 2. The van der Waals surface area contributed by atoms with Gasteiger partial charge in [0.25, 0.3) is 0 Å². The molecule has 0 spiro atoms. The first-order valence-corrected chi connectivity index (χ1v) is 9.50. The first kappa shape index (κ1) is 18.9. The molecular weight excluding hydrogens is 344 g/mol. The van der Waals surface area contributed by atoms with Gasteiger partial charge in [-0.3, -0.25) is 4.79 Å². The monoisotopic (exact) mass is 370 g/mol. The molecule has 144 valence electrons. The lowest BCUT2D eigenvalue weighted by molar-refractivity contribution is -0.116. The molecule has 1 aromatic heterocycles. The second kappa shape index (κ2) is 9.70. The van der Waals surface area contributed by atoms with Gasteiger partial charge >= 0.3 is 6.03 Å². The lowest BCUT2D eigenvalue weighted by Gasteiger charge is -2.22. The molecule has 0 unspecified atom stereocenters. The van der Waals surface area contributed by atoms with E-state index in [2.05, 4.69) is 26.0 Å². The van der Waals surface area contributed by atoms with Gasteiger partial charge in [0.05, 0.1) is 5.69 Å². The van der Waals surface area contributed by atoms with E-state index in [0.29, 0.717) is 25.4 Å². The highest BCUT2D eigenvalue weighted by Gasteiger charge is 2.15. The molecule has 1 aromatic carbocycles. The Morgan fingerprint density at radius 3 is 2.59 bits per heavy atom. The number of aromatic nitrogens is 3. The second-order valence-electron chi connectivity index (χ2n) is 6.77. The lowest BCUT2D eigenvalue weighted by Crippen LogP contribution is -2.43. The Morgan fingerprint density at radius 2 is 1.89 bits per heavy atom. The number of urea groups is 1. The Labute approximate surface area is 158 Å². The number of hydrogen-bond donors (Lipinski definition) is 3. The molecule has 0 saturated heterocycles. The fourth-order valence-electron chi connectivity index (χ4n) is 3.20. The van der Waals surface area contributed by atoms with Crippen molar-refractivity contribution in [1.82, 2.24) is 25.4 Å². The third kappa shape index (κ3) is 6.09. The molecule has 1 aliphatic carbocycles. The molecule has 1 saturated carbocycles. The van der Waals surface area contributed by atoms with Crippen molar-refractivity contribution >= 4 is 17.6 Å². The van der Waals surface area contributed by atoms with E-state index in [-0.39, 0.29) is 11.9 Å². The van der Waals surface area contributed by atoms with Gasteiger partial charge in [-0.1, -0.05) is 19.3 Å². The van der Waals surface area contributed by atoms with E-state index in [1.165, 1.54) is 25.6 Å². The van der Waals surface area contributed by atoms with Crippen LogP contribution in [0.25, 0.3) is 5.69 Å². The maximum Gasteiger partial charge on any atom is 0.315 e. The standard InChI is InChI=1S/C19H26N6O2/c26-18(7-4-12-21-19(27)24-15-5-2-1-3-6-15)23-16-8-10-17(11-9-16)25-14-20-13-22-25/h8-11,13-15H,1-7,12H2,(H,23,26)(H2,21,24,27). The summed E-state index contributed by atoms with van der Waals surface area (Å²) in [6.07, 6.45) is 9.80. The van der Waals surface area contributed by atoms with Crippen LogP contribution in [-0.2, 0) is 4.79 Å². The first-order valence-electron chi connectivity index (χ1n) is 9.50. The van der Waals surface area contributed by atoms with Crippen molar-refractivity contribution in [3.63, 3.8) is 0 Å². The average molecular weight is 370 g/mol. The molecule has 8 heteroatoms. The molecular formula is C19H26N6O2. The fourth-order valence-corrected chi connectivity index (χ4v) is 3.20. The molecule has 8 nitrogen and oxygen atoms in total. The molecule has 1 aliphatic rings. The fraction of sp³-hybridized carbons (Fsp3) is 0.474. The summed E-state index contributed by atoms with van der Waals surface area (Å²) in [5, 5.41) is 12.7. The molecule has 3 N–H and O–H groups in total. The smallest absolute Gasteiger partial charge is 0.315 e. The van der Waals surface area contributed by atoms with Crippen molar-refractivity contribution in [2.75, 3.05) is 11.9 Å². The Kier molecular flexibility index (Phi) is 6.78. The van der Waals surface area contributed by atoms with Crippen LogP contribution in [0.15, 0.2) is 36.9 Å². The molecule has 2 aromatic rings. The van der Waals surface area contributed by atoms with Gasteiger partial charge in [-0.25, -0.2) is 14.5 Å². The van der Waals surface area contributed by atoms with Gasteiger partial charge in [-0.05, 0) is 43.5 Å². The first-order chi connectivity index (χ1) is 13.2. The van der Waals surface area contributed by atoms with Crippen LogP contribution in [0.2, 0.25) is 0 Å². The molecule has 0 bridgehead atoms. The quantitative estimate of drug-likeness (QED) is 0.652. The summed E-state index contributed by atoms with van der Waals surface area (Å²) in [5.74, 6) is -0.0713. The molecule has 0 radical (unpaired) electrons. The van der Waals surface area contributed by atoms with Gasteiger partial charge in [0, 0.05) is 24.7 Å². The maximum absolute atomic E-state index is 12.0. The van der Waals surface area contributed by atoms with Crippen LogP contribution in [0.3, 0.4) is 0 Å². The summed E-state index contributed by atoms with van der Waals surface area (Å²) in [6, 6.07) is 7.53. The summed E-state index contributed by atoms with van der Waals surface area (Å²) in [7, 11) is 0. The lowest BCUT2D eigenvalue weighted by atomic mass is 9.96. The van der Waals surface area contributed by atoms with Crippen LogP contribution in [0.5, 0.6) is 0 Å². The van der Waals surface area contributed by atoms with Crippen LogP contribution < -0.4 is 16.0 Å². The van der Waals surface area contributed by atoms with Gasteiger partial charge in [-0.2, -0.15) is 5.10 Å². The normalized spacial score (nSPS) is 14.5. The van der Waals surface area contributed by atoms with Gasteiger partial charge in [-0.15, -0.1) is 0 Å². The Morgan fingerprint density at radius 1 is 1.11 bits per heavy atom. The van der Waals surface area contributed by atoms with Crippen molar-refractivity contribution in [2.45, 2.75) is 51.0 Å². The molecule has 3 amide bonds. The molecule has 1 heterocycles. The van der Waals surface area contributed by atoms with Crippen molar-refractivity contribution in [2.24, 2.45) is 0 Å². The Balaban J connectivity index is 1.32. The van der Waals surface area contributed by atoms with E-state index in [9.17, 15) is 9.59 Å². The second-order valence-corrected chi connectivity index (χ2v) is 6.77. The van der Waals surface area contributed by atoms with Crippen LogP contribution in [0, 0.1) is 0 Å². The molecule has 1 fully saturated rings. The minimum atomic E-state index is -0.133. The third-order valence-corrected chi connectivity index (χ3v) is 4.64. The zero-order chi connectivity index (χ0) is 18.9. The summed E-state index contributed by atoms with van der Waals surface area (Å²) in [4.78, 5) is 27.8. The van der Waals surface area contributed by atoms with Crippen molar-refractivity contribution in [1.29, 1.82) is 0 Å². The van der Waals surface area contributed by atoms with Crippen molar-refractivity contribution in [3.8, 4) is 5.69 Å². The number of benzene rings is 1. The van der Waals surface area contributed by atoms with Gasteiger partial charge in [0.1, 0.15) is 12.7 Å². The van der Waals surface area contributed by atoms with Gasteiger partial charge in [0.15, 0.2) is 0 Å². The molecule has 0 atom stereocenters. The van der Waals surface area contributed by atoms with Gasteiger partial charge < -0.3 is 16.0 Å². The number of nitrogens with one attached hydrogen (secondary N) is 3. The SMILES string of the molecule is O=C(CCCNC(=O)NC1CCCCC1)Nc1ccc(-n2cncn2)cc1. The van der Waals surface area contributed by atoms with Crippen LogP contribution >= 0.6 is 0 Å². The largest absolute Gasteiger partial charge is 0.338 e. The Hall–Kier alpha value is -2.90. The van der Waals surface area contributed by atoms with E-state index >= 15 is 0 Å². The number of amides is 3. The number of carbonyl (C=O) groups excluding carboxylic acids is 2. The summed E-state index contributed by atoms with van der Waals surface area (Å²) in [5.41, 5.74) is 1.60. The van der Waals surface area contributed by atoms with Gasteiger partial charge in [0.2, 0.25) is 5.91 Å². The number of hydrogen-bond acceptors (Lipinski definition) is 4. The van der Waals surface area contributed by atoms with E-state index in [1.54, 1.807) is 11.0 Å². The highest BCUT2D eigenvalue weighted by molar-refractivity contribution is 5.90. The van der Waals surface area contributed by atoms with Crippen LogP contribution in [0.4, 0.5) is 10.5 Å². The zero-order valence-corrected chi connectivity index (χ0v) is 15.4. The number of anilines is 1. The zero-order valence-electron chi connectivity index (χ0n) is 15.4. The number of rotatable bonds is 7. The number of nitrogens with zero attached hydrogens (tertiary/aromatic N) is 3. The van der Waals surface area contributed by atoms with Crippen LogP contribution in [-0.4, -0.2) is 39.3 Å². The van der Waals surface area contributed by atoms with E-state index in [1.807, 2.05) is 24.3 Å². The highest BCUT2D eigenvalue weighted by Crippen LogP contribution is 2.17. The topological polar surface area (TPSA) is 101 Å². The maximum atomic E-state index is 12.0. The molecule has 3 rings (SSSR count). The average Bonchev–Trinajstić information content (AvgIpc) is 3.21. The minimum Gasteiger partial charge on any atom is -0.338 e. The predicted octanol–water partition coefficient (Wildman–Crippen LogP) is 2.62. The minimum absolute atomic E-state index is 0.0713. The third-order valence-electron chi connectivity index (χ3n) is 4.64. The summed E-state index contributed by atoms with van der Waals surface area (Å²) in [6.45, 7) is 0.483. The Bertz CT molecular complexity index is 723. The predicted molar refractivity (Wildman–Crippen MR) is 103 cm³/mol. The van der Waals surface area contributed by atoms with E-state index in [4.69, 9.17) is 0 Å². The summed E-state index contributed by atoms with van der Waals surface area (Å²) >= 11 is 0. The van der Waals surface area contributed by atoms with E-state index in [0.717, 1.165) is 24.2 Å². The van der Waals surface area contributed by atoms with Crippen molar-refractivity contribution in [3.05, 3.63) is 36.9 Å². The molecule has 27 heavy (non-hydrogen) atoms. The van der Waals surface area contributed by atoms with Crippen LogP contribution in [0.1, 0.15) is 44.9 Å². The summed E-state index contributed by atoms with van der Waals surface area (Å²) < 4.78 is 1.65. The highest BCUT2D eigenvalue weighted by atomic mass is 16.2. The van der Waals surface area contributed by atoms with E-state index < -0.39 is 0 Å².